The van der Waals surface area contributed by atoms with Gasteiger partial charge in [0.1, 0.15) is 0 Å². The lowest BCUT2D eigenvalue weighted by Crippen LogP contribution is -2.30. The predicted molar refractivity (Wildman–Crippen MR) is 86.7 cm³/mol. The van der Waals surface area contributed by atoms with Gasteiger partial charge in [0, 0.05) is 16.7 Å². The Hall–Kier alpha value is -1.52. The van der Waals surface area contributed by atoms with E-state index in [4.69, 9.17) is 4.74 Å². The zero-order chi connectivity index (χ0) is 15.1. The van der Waals surface area contributed by atoms with E-state index in [-0.39, 0.29) is 11.9 Å². The van der Waals surface area contributed by atoms with Crippen LogP contribution in [0.3, 0.4) is 0 Å². The van der Waals surface area contributed by atoms with Gasteiger partial charge in [0.15, 0.2) is 11.6 Å². The molecule has 1 N–H and O–H groups in total. The summed E-state index contributed by atoms with van der Waals surface area (Å²) >= 11 is 1.77. The molecule has 0 aliphatic heterocycles. The molecule has 0 radical (unpaired) electrons. The molecule has 0 aliphatic rings. The molecule has 2 aromatic rings. The number of ether oxygens (including phenoxy) is 1. The van der Waals surface area contributed by atoms with Crippen LogP contribution in [0, 0.1) is 5.82 Å². The fraction of sp³-hybridized carbons (Fsp3) is 0.294. The second-order valence-electron chi connectivity index (χ2n) is 4.75. The number of nitrogens with one attached hydrogen (secondary N) is 1. The van der Waals surface area contributed by atoms with E-state index in [1.165, 1.54) is 12.0 Å². The van der Waals surface area contributed by atoms with Crippen LogP contribution in [0.15, 0.2) is 53.4 Å². The fourth-order valence-corrected chi connectivity index (χ4v) is 3.12. The summed E-state index contributed by atoms with van der Waals surface area (Å²) in [7, 11) is 3.40. The van der Waals surface area contributed by atoms with Crippen molar-refractivity contribution in [1.82, 2.24) is 5.32 Å². The lowest BCUT2D eigenvalue weighted by atomic mass is 10.1. The van der Waals surface area contributed by atoms with Gasteiger partial charge in [0.2, 0.25) is 0 Å². The van der Waals surface area contributed by atoms with Gasteiger partial charge in [-0.25, -0.2) is 4.39 Å². The van der Waals surface area contributed by atoms with E-state index in [2.05, 4.69) is 17.4 Å². The van der Waals surface area contributed by atoms with Gasteiger partial charge in [0.05, 0.1) is 7.11 Å². The monoisotopic (exact) mass is 305 g/mol. The lowest BCUT2D eigenvalue weighted by molar-refractivity contribution is 0.383. The van der Waals surface area contributed by atoms with E-state index in [0.29, 0.717) is 17.7 Å². The minimum absolute atomic E-state index is 0.205. The third-order valence-electron chi connectivity index (χ3n) is 3.33. The standard InChI is InChI=1S/C17H20FNOS/c1-19-14(12-21-15-8-4-3-5-9-15)11-13-7-6-10-16(20-2)17(13)18/h3-10,14,19H,11-12H2,1-2H3. The van der Waals surface area contributed by atoms with Crippen LogP contribution in [0.2, 0.25) is 0 Å². The van der Waals surface area contributed by atoms with Gasteiger partial charge in [-0.2, -0.15) is 0 Å². The second-order valence-corrected chi connectivity index (χ2v) is 5.84. The molecule has 2 nitrogen and oxygen atoms in total. The van der Waals surface area contributed by atoms with E-state index in [1.807, 2.05) is 37.4 Å². The fourth-order valence-electron chi connectivity index (χ4n) is 2.09. The smallest absolute Gasteiger partial charge is 0.168 e. The van der Waals surface area contributed by atoms with Gasteiger partial charge < -0.3 is 10.1 Å². The highest BCUT2D eigenvalue weighted by atomic mass is 32.2. The summed E-state index contributed by atoms with van der Waals surface area (Å²) in [6.45, 7) is 0. The number of hydrogen-bond donors (Lipinski definition) is 1. The van der Waals surface area contributed by atoms with Crippen molar-refractivity contribution >= 4 is 11.8 Å². The van der Waals surface area contributed by atoms with Gasteiger partial charge in [-0.15, -0.1) is 11.8 Å². The zero-order valence-corrected chi connectivity index (χ0v) is 13.1. The Labute approximate surface area is 129 Å². The zero-order valence-electron chi connectivity index (χ0n) is 12.3. The van der Waals surface area contributed by atoms with Crippen LogP contribution in [0.1, 0.15) is 5.56 Å². The lowest BCUT2D eigenvalue weighted by Gasteiger charge is -2.17. The van der Waals surface area contributed by atoms with Gasteiger partial charge in [-0.1, -0.05) is 30.3 Å². The summed E-state index contributed by atoms with van der Waals surface area (Å²) in [5.41, 5.74) is 0.683. The van der Waals surface area contributed by atoms with Gasteiger partial charge in [-0.05, 0) is 37.2 Å². The Bertz CT molecular complexity index is 562. The highest BCUT2D eigenvalue weighted by Gasteiger charge is 2.14. The average molecular weight is 305 g/mol. The minimum Gasteiger partial charge on any atom is -0.494 e. The van der Waals surface area contributed by atoms with Crippen molar-refractivity contribution in [2.24, 2.45) is 0 Å². The quantitative estimate of drug-likeness (QED) is 0.787. The molecular formula is C17H20FNOS. The molecule has 1 unspecified atom stereocenters. The number of thioether (sulfide) groups is 1. The van der Waals surface area contributed by atoms with Gasteiger partial charge >= 0.3 is 0 Å². The molecule has 0 heterocycles. The van der Waals surface area contributed by atoms with Crippen molar-refractivity contribution in [2.75, 3.05) is 19.9 Å². The molecule has 0 bridgehead atoms. The van der Waals surface area contributed by atoms with Crippen LogP contribution in [-0.4, -0.2) is 26.0 Å². The normalized spacial score (nSPS) is 12.1. The van der Waals surface area contributed by atoms with Crippen molar-refractivity contribution in [3.63, 3.8) is 0 Å². The molecule has 21 heavy (non-hydrogen) atoms. The number of methoxy groups -OCH3 is 1. The van der Waals surface area contributed by atoms with E-state index < -0.39 is 0 Å². The summed E-state index contributed by atoms with van der Waals surface area (Å²) in [6, 6.07) is 15.7. The molecular weight excluding hydrogens is 285 g/mol. The Kier molecular flexibility index (Phi) is 6.08. The first kappa shape index (κ1) is 15.9. The summed E-state index contributed by atoms with van der Waals surface area (Å²) in [5.74, 6) is 0.931. The molecule has 0 spiro atoms. The Morgan fingerprint density at radius 3 is 2.57 bits per heavy atom. The molecule has 2 aromatic carbocycles. The predicted octanol–water partition coefficient (Wildman–Crippen LogP) is 3.76. The molecule has 0 saturated heterocycles. The highest BCUT2D eigenvalue weighted by molar-refractivity contribution is 7.99. The van der Waals surface area contributed by atoms with E-state index in [0.717, 1.165) is 5.75 Å². The van der Waals surface area contributed by atoms with Crippen LogP contribution in [0.5, 0.6) is 5.75 Å². The van der Waals surface area contributed by atoms with Crippen LogP contribution < -0.4 is 10.1 Å². The summed E-state index contributed by atoms with van der Waals surface area (Å²) in [4.78, 5) is 1.23. The first-order valence-corrected chi connectivity index (χ1v) is 7.89. The van der Waals surface area contributed by atoms with Crippen molar-refractivity contribution in [3.05, 3.63) is 59.9 Å². The molecule has 0 saturated carbocycles. The topological polar surface area (TPSA) is 21.3 Å². The van der Waals surface area contributed by atoms with E-state index in [9.17, 15) is 4.39 Å². The number of rotatable bonds is 7. The first-order chi connectivity index (χ1) is 10.2. The number of benzene rings is 2. The van der Waals surface area contributed by atoms with Crippen molar-refractivity contribution < 1.29 is 9.13 Å². The number of halogens is 1. The maximum Gasteiger partial charge on any atom is 0.168 e. The molecule has 0 aromatic heterocycles. The SMILES string of the molecule is CNC(CSc1ccccc1)Cc1cccc(OC)c1F. The third-order valence-corrected chi connectivity index (χ3v) is 4.51. The Morgan fingerprint density at radius 2 is 1.90 bits per heavy atom. The largest absolute Gasteiger partial charge is 0.494 e. The molecule has 1 atom stereocenters. The van der Waals surface area contributed by atoms with Crippen molar-refractivity contribution in [2.45, 2.75) is 17.4 Å². The van der Waals surface area contributed by atoms with E-state index in [1.54, 1.807) is 17.8 Å². The molecule has 4 heteroatoms. The third kappa shape index (κ3) is 4.48. The van der Waals surface area contributed by atoms with Crippen molar-refractivity contribution in [3.8, 4) is 5.75 Å². The summed E-state index contributed by atoms with van der Waals surface area (Å²) in [6.07, 6.45) is 0.638. The minimum atomic E-state index is -0.259. The van der Waals surface area contributed by atoms with E-state index >= 15 is 0 Å². The van der Waals surface area contributed by atoms with Crippen LogP contribution in [-0.2, 0) is 6.42 Å². The van der Waals surface area contributed by atoms with Crippen LogP contribution >= 0.6 is 11.8 Å². The number of likely N-dealkylation sites (N-methyl/N-ethyl adjacent to an activating group) is 1. The van der Waals surface area contributed by atoms with Crippen LogP contribution in [0.4, 0.5) is 4.39 Å². The summed E-state index contributed by atoms with van der Waals surface area (Å²) in [5, 5.41) is 3.26. The van der Waals surface area contributed by atoms with Gasteiger partial charge in [0.25, 0.3) is 0 Å². The summed E-state index contributed by atoms with van der Waals surface area (Å²) < 4.78 is 19.2. The molecule has 112 valence electrons. The van der Waals surface area contributed by atoms with Crippen molar-refractivity contribution in [1.29, 1.82) is 0 Å². The Morgan fingerprint density at radius 1 is 1.14 bits per heavy atom. The molecule has 0 aliphatic carbocycles. The first-order valence-electron chi connectivity index (χ1n) is 6.91. The highest BCUT2D eigenvalue weighted by Crippen LogP contribution is 2.23. The second kappa shape index (κ2) is 8.05. The number of hydrogen-bond acceptors (Lipinski definition) is 3. The molecule has 0 fully saturated rings. The maximum atomic E-state index is 14.2. The van der Waals surface area contributed by atoms with Gasteiger partial charge in [-0.3, -0.25) is 0 Å². The average Bonchev–Trinajstić information content (AvgIpc) is 2.54. The van der Waals surface area contributed by atoms with Crippen LogP contribution in [0.25, 0.3) is 0 Å². The molecule has 0 amide bonds. The maximum absolute atomic E-state index is 14.2. The Balaban J connectivity index is 1.99. The molecule has 2 rings (SSSR count).